The molecule has 1 fully saturated rings. The van der Waals surface area contributed by atoms with Crippen LogP contribution in [0.1, 0.15) is 52.0 Å². The van der Waals surface area contributed by atoms with Crippen LogP contribution in [-0.2, 0) is 14.6 Å². The van der Waals surface area contributed by atoms with Gasteiger partial charge < -0.3 is 9.64 Å². The quantitative estimate of drug-likeness (QED) is 0.727. The van der Waals surface area contributed by atoms with Crippen LogP contribution in [0, 0.1) is 5.92 Å². The summed E-state index contributed by atoms with van der Waals surface area (Å²) < 4.78 is 30.5. The molecule has 0 aromatic heterocycles. The lowest BCUT2D eigenvalue weighted by Gasteiger charge is -2.32. The highest BCUT2D eigenvalue weighted by Crippen LogP contribution is 2.21. The smallest absolute Gasteiger partial charge is 0.260 e. The van der Waals surface area contributed by atoms with E-state index in [0.717, 1.165) is 6.42 Å². The Bertz CT molecular complexity index is 695. The molecule has 26 heavy (non-hydrogen) atoms. The van der Waals surface area contributed by atoms with Gasteiger partial charge >= 0.3 is 0 Å². The van der Waals surface area contributed by atoms with Crippen molar-refractivity contribution in [2.45, 2.75) is 51.7 Å². The SMILES string of the molecule is CC(C)CS(=O)(=O)C1CCCN(C(=O)COc2ccc(C(C)C)cc2)C1. The second kappa shape index (κ2) is 8.89. The first-order chi connectivity index (χ1) is 12.2. The van der Waals surface area contributed by atoms with Crippen LogP contribution >= 0.6 is 0 Å². The predicted octanol–water partition coefficient (Wildman–Crippen LogP) is 3.25. The molecule has 2 rings (SSSR count). The number of ether oxygens (including phenoxy) is 1. The van der Waals surface area contributed by atoms with E-state index >= 15 is 0 Å². The zero-order chi connectivity index (χ0) is 19.3. The molecule has 1 heterocycles. The van der Waals surface area contributed by atoms with E-state index in [1.54, 1.807) is 4.90 Å². The number of hydrogen-bond acceptors (Lipinski definition) is 4. The van der Waals surface area contributed by atoms with Crippen molar-refractivity contribution in [2.75, 3.05) is 25.4 Å². The van der Waals surface area contributed by atoms with Crippen LogP contribution in [0.2, 0.25) is 0 Å². The highest BCUT2D eigenvalue weighted by Gasteiger charge is 2.32. The third-order valence-electron chi connectivity index (χ3n) is 4.71. The Balaban J connectivity index is 1.90. The lowest BCUT2D eigenvalue weighted by Crippen LogP contribution is -2.47. The molecule has 0 radical (unpaired) electrons. The standard InChI is InChI=1S/C20H31NO4S/c1-15(2)14-26(23,24)19-6-5-11-21(12-19)20(22)13-25-18-9-7-17(8-10-18)16(3)4/h7-10,15-16,19H,5-6,11-14H2,1-4H3. The second-order valence-electron chi connectivity index (χ2n) is 7.84. The molecule has 1 aromatic rings. The van der Waals surface area contributed by atoms with Crippen LogP contribution in [0.25, 0.3) is 0 Å². The summed E-state index contributed by atoms with van der Waals surface area (Å²) in [6, 6.07) is 7.74. The number of nitrogens with zero attached hydrogens (tertiary/aromatic N) is 1. The van der Waals surface area contributed by atoms with Crippen molar-refractivity contribution in [3.8, 4) is 5.75 Å². The van der Waals surface area contributed by atoms with Gasteiger partial charge in [-0.2, -0.15) is 0 Å². The first kappa shape index (κ1) is 20.7. The van der Waals surface area contributed by atoms with E-state index in [1.165, 1.54) is 5.56 Å². The molecule has 0 saturated carbocycles. The summed E-state index contributed by atoms with van der Waals surface area (Å²) in [4.78, 5) is 14.1. The fourth-order valence-corrected chi connectivity index (χ4v) is 5.38. The largest absolute Gasteiger partial charge is 0.484 e. The Morgan fingerprint density at radius 2 is 1.85 bits per heavy atom. The van der Waals surface area contributed by atoms with Crippen molar-refractivity contribution < 1.29 is 17.9 Å². The zero-order valence-electron chi connectivity index (χ0n) is 16.3. The van der Waals surface area contributed by atoms with Crippen molar-refractivity contribution in [3.63, 3.8) is 0 Å². The van der Waals surface area contributed by atoms with Gasteiger partial charge in [-0.15, -0.1) is 0 Å². The molecular weight excluding hydrogens is 350 g/mol. The van der Waals surface area contributed by atoms with Crippen LogP contribution in [0.15, 0.2) is 24.3 Å². The number of likely N-dealkylation sites (tertiary alicyclic amines) is 1. The summed E-state index contributed by atoms with van der Waals surface area (Å²) in [7, 11) is -3.16. The molecule has 146 valence electrons. The van der Waals surface area contributed by atoms with E-state index in [-0.39, 0.29) is 30.7 Å². The van der Waals surface area contributed by atoms with Gasteiger partial charge in [-0.25, -0.2) is 8.42 Å². The van der Waals surface area contributed by atoms with Gasteiger partial charge in [0, 0.05) is 13.1 Å². The third kappa shape index (κ3) is 5.73. The fraction of sp³-hybridized carbons (Fsp3) is 0.650. The average Bonchev–Trinajstić information content (AvgIpc) is 2.59. The monoisotopic (exact) mass is 381 g/mol. The molecule has 1 saturated heterocycles. The molecule has 0 bridgehead atoms. The lowest BCUT2D eigenvalue weighted by atomic mass is 10.0. The van der Waals surface area contributed by atoms with E-state index in [0.29, 0.717) is 24.6 Å². The van der Waals surface area contributed by atoms with E-state index in [4.69, 9.17) is 4.74 Å². The molecule has 1 atom stereocenters. The Labute approximate surface area is 157 Å². The number of rotatable bonds is 7. The lowest BCUT2D eigenvalue weighted by molar-refractivity contribution is -0.134. The molecule has 6 heteroatoms. The molecule has 1 aromatic carbocycles. The average molecular weight is 382 g/mol. The first-order valence-electron chi connectivity index (χ1n) is 9.41. The van der Waals surface area contributed by atoms with Gasteiger partial charge in [0.05, 0.1) is 11.0 Å². The van der Waals surface area contributed by atoms with E-state index < -0.39 is 15.1 Å². The molecule has 1 unspecified atom stereocenters. The van der Waals surface area contributed by atoms with E-state index in [1.807, 2.05) is 38.1 Å². The maximum Gasteiger partial charge on any atom is 0.260 e. The highest BCUT2D eigenvalue weighted by molar-refractivity contribution is 7.92. The minimum Gasteiger partial charge on any atom is -0.484 e. The van der Waals surface area contributed by atoms with Crippen LogP contribution in [0.3, 0.4) is 0 Å². The fourth-order valence-electron chi connectivity index (χ4n) is 3.24. The minimum atomic E-state index is -3.16. The van der Waals surface area contributed by atoms with Crippen LogP contribution in [0.5, 0.6) is 5.75 Å². The number of amides is 1. The van der Waals surface area contributed by atoms with Gasteiger partial charge in [0.25, 0.3) is 5.91 Å². The predicted molar refractivity (Wildman–Crippen MR) is 104 cm³/mol. The van der Waals surface area contributed by atoms with Gasteiger partial charge in [-0.05, 0) is 42.4 Å². The Morgan fingerprint density at radius 3 is 2.42 bits per heavy atom. The summed E-state index contributed by atoms with van der Waals surface area (Å²) in [5.41, 5.74) is 1.22. The summed E-state index contributed by atoms with van der Waals surface area (Å²) >= 11 is 0. The molecule has 1 amide bonds. The number of sulfone groups is 1. The Hall–Kier alpha value is -1.56. The highest BCUT2D eigenvalue weighted by atomic mass is 32.2. The molecule has 1 aliphatic rings. The molecule has 1 aliphatic heterocycles. The van der Waals surface area contributed by atoms with Crippen molar-refractivity contribution in [2.24, 2.45) is 5.92 Å². The zero-order valence-corrected chi connectivity index (χ0v) is 17.1. The van der Waals surface area contributed by atoms with Crippen LogP contribution < -0.4 is 4.74 Å². The Kier molecular flexibility index (Phi) is 7.09. The van der Waals surface area contributed by atoms with E-state index in [2.05, 4.69) is 13.8 Å². The summed E-state index contributed by atoms with van der Waals surface area (Å²) in [6.45, 7) is 8.88. The molecule has 0 N–H and O–H groups in total. The maximum absolute atomic E-state index is 12.5. The first-order valence-corrected chi connectivity index (χ1v) is 11.1. The summed E-state index contributed by atoms with van der Waals surface area (Å²) in [6.07, 6.45) is 1.35. The molecule has 0 aliphatic carbocycles. The van der Waals surface area contributed by atoms with Crippen molar-refractivity contribution in [3.05, 3.63) is 29.8 Å². The maximum atomic E-state index is 12.5. The number of hydrogen-bond donors (Lipinski definition) is 0. The number of piperidine rings is 1. The van der Waals surface area contributed by atoms with Gasteiger partial charge in [0.1, 0.15) is 5.75 Å². The molecule has 0 spiro atoms. The van der Waals surface area contributed by atoms with Crippen LogP contribution in [-0.4, -0.2) is 49.9 Å². The number of benzene rings is 1. The van der Waals surface area contributed by atoms with Crippen molar-refractivity contribution >= 4 is 15.7 Å². The molecular formula is C20H31NO4S. The van der Waals surface area contributed by atoms with Gasteiger partial charge in [0.15, 0.2) is 16.4 Å². The van der Waals surface area contributed by atoms with Gasteiger partial charge in [-0.3, -0.25) is 4.79 Å². The number of carbonyl (C=O) groups is 1. The number of carbonyl (C=O) groups excluding carboxylic acids is 1. The van der Waals surface area contributed by atoms with Crippen molar-refractivity contribution in [1.29, 1.82) is 0 Å². The molecule has 5 nitrogen and oxygen atoms in total. The Morgan fingerprint density at radius 1 is 1.19 bits per heavy atom. The second-order valence-corrected chi connectivity index (χ2v) is 10.2. The third-order valence-corrected chi connectivity index (χ3v) is 7.25. The van der Waals surface area contributed by atoms with Crippen molar-refractivity contribution in [1.82, 2.24) is 4.90 Å². The normalized spacial score (nSPS) is 18.4. The van der Waals surface area contributed by atoms with Crippen LogP contribution in [0.4, 0.5) is 0 Å². The summed E-state index contributed by atoms with van der Waals surface area (Å²) in [5, 5.41) is -0.451. The van der Waals surface area contributed by atoms with E-state index in [9.17, 15) is 13.2 Å². The van der Waals surface area contributed by atoms with Gasteiger partial charge in [0.2, 0.25) is 0 Å². The summed E-state index contributed by atoms with van der Waals surface area (Å²) in [5.74, 6) is 1.23. The van der Waals surface area contributed by atoms with Gasteiger partial charge in [-0.1, -0.05) is 39.8 Å². The topological polar surface area (TPSA) is 63.7 Å². The minimum absolute atomic E-state index is 0.0576.